The molecule has 0 aliphatic heterocycles. The Balaban J connectivity index is 1.77. The fraction of sp³-hybridized carbons (Fsp3) is 0.0526. The quantitative estimate of drug-likeness (QED) is 0.496. The molecule has 0 atom stereocenters. The van der Waals surface area contributed by atoms with Gasteiger partial charge in [0.2, 0.25) is 5.43 Å². The molecule has 0 bridgehead atoms. The van der Waals surface area contributed by atoms with Crippen LogP contribution in [0.15, 0.2) is 58.8 Å². The van der Waals surface area contributed by atoms with E-state index in [2.05, 4.69) is 9.59 Å². The summed E-state index contributed by atoms with van der Waals surface area (Å²) in [6.07, 6.45) is 1.41. The highest BCUT2D eigenvalue weighted by Gasteiger charge is 2.14. The number of ether oxygens (including phenoxy) is 1. The van der Waals surface area contributed by atoms with E-state index in [-0.39, 0.29) is 17.6 Å². The number of rotatable bonds is 5. The molecule has 27 heavy (non-hydrogen) atoms. The number of carbonyl (C=O) groups is 1. The lowest BCUT2D eigenvalue weighted by atomic mass is 10.1. The van der Waals surface area contributed by atoms with E-state index in [1.807, 2.05) is 29.6 Å². The Labute approximate surface area is 156 Å². The van der Waals surface area contributed by atoms with Crippen LogP contribution in [-0.2, 0) is 11.3 Å². The largest absolute Gasteiger partial charge is 0.423 e. The van der Waals surface area contributed by atoms with Gasteiger partial charge in [0.1, 0.15) is 11.5 Å². The van der Waals surface area contributed by atoms with Crippen LogP contribution in [0.4, 0.5) is 4.39 Å². The van der Waals surface area contributed by atoms with Gasteiger partial charge in [-0.25, -0.2) is 4.39 Å². The van der Waals surface area contributed by atoms with Crippen LogP contribution >= 0.6 is 11.5 Å². The van der Waals surface area contributed by atoms with Gasteiger partial charge in [0.25, 0.3) is 6.47 Å². The summed E-state index contributed by atoms with van der Waals surface area (Å²) in [7, 11) is 0. The van der Waals surface area contributed by atoms with Crippen molar-refractivity contribution < 1.29 is 13.9 Å². The summed E-state index contributed by atoms with van der Waals surface area (Å²) >= 11 is 1.28. The first kappa shape index (κ1) is 17.0. The third-order valence-electron chi connectivity index (χ3n) is 4.16. The molecule has 2 heterocycles. The number of hydrogen-bond acceptors (Lipinski definition) is 6. The molecule has 0 aliphatic carbocycles. The van der Waals surface area contributed by atoms with E-state index >= 15 is 0 Å². The fourth-order valence-corrected chi connectivity index (χ4v) is 3.37. The SMILES string of the molecule is O=COc1cn(Cc2ccc(-c3csnn3)cc2)c2cccc(F)c2c1=O. The Hall–Kier alpha value is -3.39. The first-order chi connectivity index (χ1) is 13.2. The molecule has 0 amide bonds. The molecule has 0 N–H and O–H groups in total. The van der Waals surface area contributed by atoms with E-state index in [0.717, 1.165) is 16.8 Å². The van der Waals surface area contributed by atoms with Gasteiger partial charge in [-0.2, -0.15) is 0 Å². The van der Waals surface area contributed by atoms with Crippen molar-refractivity contribution >= 4 is 28.9 Å². The van der Waals surface area contributed by atoms with E-state index in [0.29, 0.717) is 12.1 Å². The molecular formula is C19H12FN3O3S. The standard InChI is InChI=1S/C19H12FN3O3S/c20-14-2-1-3-16-18(14)19(25)17(26-11-24)9-23(16)8-12-4-6-13(7-5-12)15-10-27-22-21-15/h1-7,9-11H,8H2. The molecule has 2 aromatic carbocycles. The molecule has 6 nitrogen and oxygen atoms in total. The normalized spacial score (nSPS) is 10.9. The summed E-state index contributed by atoms with van der Waals surface area (Å²) in [6.45, 7) is 0.523. The molecule has 0 saturated heterocycles. The third-order valence-corrected chi connectivity index (χ3v) is 4.67. The van der Waals surface area contributed by atoms with Gasteiger partial charge in [-0.05, 0) is 29.2 Å². The van der Waals surface area contributed by atoms with Crippen LogP contribution in [0.2, 0.25) is 0 Å². The summed E-state index contributed by atoms with van der Waals surface area (Å²) in [4.78, 5) is 23.1. The molecule has 0 radical (unpaired) electrons. The molecule has 4 rings (SSSR count). The van der Waals surface area contributed by atoms with Crippen LogP contribution in [0.25, 0.3) is 22.2 Å². The summed E-state index contributed by atoms with van der Waals surface area (Å²) in [6, 6.07) is 12.1. The topological polar surface area (TPSA) is 74.1 Å². The average molecular weight is 381 g/mol. The van der Waals surface area contributed by atoms with Gasteiger partial charge in [-0.15, -0.1) is 5.10 Å². The van der Waals surface area contributed by atoms with Gasteiger partial charge >= 0.3 is 0 Å². The zero-order chi connectivity index (χ0) is 18.8. The van der Waals surface area contributed by atoms with Crippen molar-refractivity contribution in [3.63, 3.8) is 0 Å². The zero-order valence-electron chi connectivity index (χ0n) is 13.8. The number of nitrogens with zero attached hydrogens (tertiary/aromatic N) is 3. The van der Waals surface area contributed by atoms with Gasteiger partial charge in [-0.3, -0.25) is 9.59 Å². The van der Waals surface area contributed by atoms with Gasteiger partial charge < -0.3 is 9.30 Å². The maximum atomic E-state index is 14.2. The van der Waals surface area contributed by atoms with Gasteiger partial charge in [0, 0.05) is 17.5 Å². The number of benzene rings is 2. The predicted octanol–water partition coefficient (Wildman–Crippen LogP) is 3.24. The van der Waals surface area contributed by atoms with Crippen molar-refractivity contribution in [2.75, 3.05) is 0 Å². The van der Waals surface area contributed by atoms with Crippen LogP contribution < -0.4 is 10.2 Å². The van der Waals surface area contributed by atoms with Crippen LogP contribution in [0, 0.1) is 5.82 Å². The van der Waals surface area contributed by atoms with Crippen LogP contribution in [-0.4, -0.2) is 20.6 Å². The Morgan fingerprint density at radius 3 is 2.70 bits per heavy atom. The smallest absolute Gasteiger partial charge is 0.298 e. The molecule has 0 unspecified atom stereocenters. The Kier molecular flexibility index (Phi) is 4.47. The van der Waals surface area contributed by atoms with E-state index in [9.17, 15) is 14.0 Å². The molecule has 0 aliphatic rings. The maximum Gasteiger partial charge on any atom is 0.298 e. The molecule has 8 heteroatoms. The highest BCUT2D eigenvalue weighted by molar-refractivity contribution is 7.03. The minimum Gasteiger partial charge on any atom is -0.423 e. The monoisotopic (exact) mass is 381 g/mol. The van der Waals surface area contributed by atoms with Crippen LogP contribution in [0.1, 0.15) is 5.56 Å². The Morgan fingerprint density at radius 2 is 2.00 bits per heavy atom. The van der Waals surface area contributed by atoms with Crippen molar-refractivity contribution in [3.8, 4) is 17.0 Å². The maximum absolute atomic E-state index is 14.2. The van der Waals surface area contributed by atoms with Gasteiger partial charge in [0.15, 0.2) is 5.75 Å². The third kappa shape index (κ3) is 3.22. The number of halogens is 1. The summed E-state index contributed by atoms with van der Waals surface area (Å²) in [5.41, 5.74) is 2.43. The highest BCUT2D eigenvalue weighted by atomic mass is 32.1. The zero-order valence-corrected chi connectivity index (χ0v) is 14.6. The number of carbonyl (C=O) groups excluding carboxylic acids is 1. The van der Waals surface area contributed by atoms with Crippen molar-refractivity contribution in [3.05, 3.63) is 75.6 Å². The lowest BCUT2D eigenvalue weighted by molar-refractivity contribution is -0.120. The number of aromatic nitrogens is 3. The molecule has 0 saturated carbocycles. The molecule has 2 aromatic heterocycles. The van der Waals surface area contributed by atoms with Crippen LogP contribution in [0.5, 0.6) is 5.75 Å². The number of hydrogen-bond donors (Lipinski definition) is 0. The lowest BCUT2D eigenvalue weighted by Crippen LogP contribution is -2.14. The van der Waals surface area contributed by atoms with Gasteiger partial charge in [-0.1, -0.05) is 34.8 Å². The number of fused-ring (bicyclic) bond motifs is 1. The van der Waals surface area contributed by atoms with E-state index < -0.39 is 11.2 Å². The minimum absolute atomic E-state index is 0.109. The minimum atomic E-state index is -0.658. The Morgan fingerprint density at radius 1 is 1.19 bits per heavy atom. The fourth-order valence-electron chi connectivity index (χ4n) is 2.90. The highest BCUT2D eigenvalue weighted by Crippen LogP contribution is 2.22. The summed E-state index contributed by atoms with van der Waals surface area (Å²) in [5.74, 6) is -0.873. The lowest BCUT2D eigenvalue weighted by Gasteiger charge is -2.13. The second-order valence-corrected chi connectivity index (χ2v) is 6.40. The molecular weight excluding hydrogens is 369 g/mol. The van der Waals surface area contributed by atoms with Crippen molar-refractivity contribution in [2.24, 2.45) is 0 Å². The Bertz CT molecular complexity index is 1170. The second-order valence-electron chi connectivity index (χ2n) is 5.79. The first-order valence-electron chi connectivity index (χ1n) is 7.95. The summed E-state index contributed by atoms with van der Waals surface area (Å²) in [5, 5.41) is 5.78. The van der Waals surface area contributed by atoms with E-state index in [1.54, 1.807) is 10.6 Å². The van der Waals surface area contributed by atoms with E-state index in [1.165, 1.54) is 29.9 Å². The van der Waals surface area contributed by atoms with Gasteiger partial charge in [0.05, 0.1) is 17.1 Å². The second kappa shape index (κ2) is 7.08. The molecule has 4 aromatic rings. The van der Waals surface area contributed by atoms with Crippen molar-refractivity contribution in [1.29, 1.82) is 0 Å². The first-order valence-corrected chi connectivity index (χ1v) is 8.79. The van der Waals surface area contributed by atoms with Crippen molar-refractivity contribution in [2.45, 2.75) is 6.54 Å². The summed E-state index contributed by atoms with van der Waals surface area (Å²) < 4.78 is 24.5. The van der Waals surface area contributed by atoms with Crippen LogP contribution in [0.3, 0.4) is 0 Å². The number of pyridine rings is 1. The molecule has 134 valence electrons. The predicted molar refractivity (Wildman–Crippen MR) is 99.3 cm³/mol. The molecule has 0 fully saturated rings. The van der Waals surface area contributed by atoms with Crippen molar-refractivity contribution in [1.82, 2.24) is 14.2 Å². The average Bonchev–Trinajstić information content (AvgIpc) is 3.21. The molecule has 0 spiro atoms. The van der Waals surface area contributed by atoms with E-state index in [4.69, 9.17) is 4.74 Å².